The largest absolute Gasteiger partial charge is 0.463 e. The number of anilines is 1. The van der Waals surface area contributed by atoms with E-state index in [9.17, 15) is 9.59 Å². The van der Waals surface area contributed by atoms with Crippen molar-refractivity contribution in [3.63, 3.8) is 0 Å². The molecular weight excluding hydrogens is 438 g/mol. The third-order valence-electron chi connectivity index (χ3n) is 5.94. The number of hydrogen-bond acceptors (Lipinski definition) is 7. The number of allylic oxidation sites excluding steroid dienone is 1. The van der Waals surface area contributed by atoms with Crippen LogP contribution in [-0.2, 0) is 9.53 Å². The van der Waals surface area contributed by atoms with Gasteiger partial charge in [-0.15, -0.1) is 0 Å². The molecule has 4 heterocycles. The fraction of sp³-hybridized carbons (Fsp3) is 0.320. The molecule has 3 aromatic rings. The molecule has 1 unspecified atom stereocenters. The summed E-state index contributed by atoms with van der Waals surface area (Å²) in [6.45, 7) is 5.78. The minimum absolute atomic E-state index is 0.207. The van der Waals surface area contributed by atoms with Crippen LogP contribution in [-0.4, -0.2) is 30.2 Å². The first-order valence-corrected chi connectivity index (χ1v) is 12.0. The maximum absolute atomic E-state index is 13.6. The van der Waals surface area contributed by atoms with Crippen LogP contribution in [0.5, 0.6) is 0 Å². The number of fused-ring (bicyclic) bond motifs is 1. The summed E-state index contributed by atoms with van der Waals surface area (Å²) in [4.78, 5) is 33.8. The molecule has 0 aliphatic carbocycles. The van der Waals surface area contributed by atoms with Gasteiger partial charge in [0.25, 0.3) is 5.56 Å². The second-order valence-electron chi connectivity index (χ2n) is 8.08. The summed E-state index contributed by atoms with van der Waals surface area (Å²) in [7, 11) is 0. The Morgan fingerprint density at radius 2 is 1.97 bits per heavy atom. The number of hydrogen-bond donors (Lipinski definition) is 0. The minimum Gasteiger partial charge on any atom is -0.463 e. The Bertz CT molecular complexity index is 1390. The first-order valence-electron chi connectivity index (χ1n) is 11.2. The fourth-order valence-electron chi connectivity index (χ4n) is 4.40. The average Bonchev–Trinajstić information content (AvgIpc) is 3.55. The lowest BCUT2D eigenvalue weighted by atomic mass is 9.96. The molecule has 2 aromatic heterocycles. The van der Waals surface area contributed by atoms with Crippen molar-refractivity contribution in [2.24, 2.45) is 4.99 Å². The first kappa shape index (κ1) is 21.5. The van der Waals surface area contributed by atoms with Crippen molar-refractivity contribution in [3.05, 3.63) is 84.7 Å². The van der Waals surface area contributed by atoms with Crippen molar-refractivity contribution in [1.82, 2.24) is 4.57 Å². The van der Waals surface area contributed by atoms with Crippen molar-refractivity contribution in [3.8, 4) is 0 Å². The Hall–Kier alpha value is -3.39. The number of carbonyl (C=O) groups excluding carboxylic acids is 1. The zero-order valence-electron chi connectivity index (χ0n) is 18.6. The predicted molar refractivity (Wildman–Crippen MR) is 127 cm³/mol. The highest BCUT2D eigenvalue weighted by Crippen LogP contribution is 2.30. The fourth-order valence-corrected chi connectivity index (χ4v) is 5.43. The molecule has 1 aromatic carbocycles. The highest BCUT2D eigenvalue weighted by atomic mass is 32.1. The van der Waals surface area contributed by atoms with Crippen molar-refractivity contribution in [2.45, 2.75) is 32.7 Å². The number of furan rings is 1. The van der Waals surface area contributed by atoms with Crippen LogP contribution in [0.4, 0.5) is 5.88 Å². The van der Waals surface area contributed by atoms with E-state index in [0.29, 0.717) is 26.4 Å². The molecule has 0 amide bonds. The number of rotatable bonds is 5. The van der Waals surface area contributed by atoms with Gasteiger partial charge in [0.2, 0.25) is 0 Å². The number of carbonyl (C=O) groups is 1. The van der Waals surface area contributed by atoms with E-state index in [1.165, 1.54) is 11.3 Å². The van der Waals surface area contributed by atoms with Gasteiger partial charge in [-0.3, -0.25) is 9.36 Å². The molecule has 1 atom stereocenters. The Labute approximate surface area is 194 Å². The zero-order valence-corrected chi connectivity index (χ0v) is 19.4. The van der Waals surface area contributed by atoms with Gasteiger partial charge in [0.1, 0.15) is 5.76 Å². The van der Waals surface area contributed by atoms with Gasteiger partial charge in [-0.05, 0) is 38.3 Å². The van der Waals surface area contributed by atoms with Gasteiger partial charge >= 0.3 is 5.97 Å². The summed E-state index contributed by atoms with van der Waals surface area (Å²) in [5.41, 5.74) is 1.57. The lowest BCUT2D eigenvalue weighted by molar-refractivity contribution is -0.139. The Morgan fingerprint density at radius 3 is 2.70 bits per heavy atom. The van der Waals surface area contributed by atoms with Crippen molar-refractivity contribution in [1.29, 1.82) is 0 Å². The van der Waals surface area contributed by atoms with Gasteiger partial charge in [-0.1, -0.05) is 41.7 Å². The van der Waals surface area contributed by atoms with Crippen LogP contribution in [0.25, 0.3) is 6.08 Å². The van der Waals surface area contributed by atoms with Gasteiger partial charge < -0.3 is 14.1 Å². The molecule has 2 aliphatic rings. The van der Waals surface area contributed by atoms with Crippen molar-refractivity contribution < 1.29 is 13.9 Å². The van der Waals surface area contributed by atoms with Gasteiger partial charge in [-0.2, -0.15) is 0 Å². The number of ether oxygens (including phenoxy) is 1. The van der Waals surface area contributed by atoms with Gasteiger partial charge in [0.05, 0.1) is 28.5 Å². The standard InChI is InChI=1S/C25H25N3O4S/c1-3-31-24(30)21-16(2)26-25-28(22(21)17-9-5-4-6-10-17)23(29)19(33-25)15-18-11-12-20(32-18)27-13-7-8-14-27/h4-6,9-12,15,22H,3,7-8,13-14H2,1-2H3/b19-15+. The highest BCUT2D eigenvalue weighted by molar-refractivity contribution is 7.07. The zero-order chi connectivity index (χ0) is 22.9. The van der Waals surface area contributed by atoms with Crippen LogP contribution in [0.3, 0.4) is 0 Å². The summed E-state index contributed by atoms with van der Waals surface area (Å²) in [5.74, 6) is 0.997. The van der Waals surface area contributed by atoms with Crippen LogP contribution in [0.15, 0.2) is 67.9 Å². The number of esters is 1. The summed E-state index contributed by atoms with van der Waals surface area (Å²) in [6.07, 6.45) is 4.08. The summed E-state index contributed by atoms with van der Waals surface area (Å²) in [6, 6.07) is 12.8. The summed E-state index contributed by atoms with van der Waals surface area (Å²) >= 11 is 1.30. The van der Waals surface area contributed by atoms with Gasteiger partial charge in [0.15, 0.2) is 10.7 Å². The second-order valence-corrected chi connectivity index (χ2v) is 9.09. The van der Waals surface area contributed by atoms with Crippen LogP contribution in [0, 0.1) is 0 Å². The maximum atomic E-state index is 13.6. The molecule has 7 nitrogen and oxygen atoms in total. The molecule has 0 bridgehead atoms. The van der Waals surface area contributed by atoms with E-state index in [4.69, 9.17) is 9.15 Å². The topological polar surface area (TPSA) is 77.0 Å². The van der Waals surface area contributed by atoms with E-state index in [0.717, 1.165) is 37.4 Å². The minimum atomic E-state index is -0.597. The number of aromatic nitrogens is 1. The monoisotopic (exact) mass is 463 g/mol. The quantitative estimate of drug-likeness (QED) is 0.544. The Balaban J connectivity index is 1.62. The molecule has 5 rings (SSSR count). The van der Waals surface area contributed by atoms with Crippen molar-refractivity contribution >= 4 is 29.3 Å². The normalized spacial score (nSPS) is 18.4. The highest BCUT2D eigenvalue weighted by Gasteiger charge is 2.33. The average molecular weight is 464 g/mol. The molecule has 8 heteroatoms. The molecule has 0 saturated carbocycles. The smallest absolute Gasteiger partial charge is 0.338 e. The lowest BCUT2D eigenvalue weighted by Gasteiger charge is -2.24. The lowest BCUT2D eigenvalue weighted by Crippen LogP contribution is -2.39. The van der Waals surface area contributed by atoms with Crippen LogP contribution in [0.2, 0.25) is 0 Å². The molecular formula is C25H25N3O4S. The number of thiazole rings is 1. The van der Waals surface area contributed by atoms with Crippen LogP contribution < -0.4 is 19.8 Å². The van der Waals surface area contributed by atoms with E-state index in [1.54, 1.807) is 24.5 Å². The van der Waals surface area contributed by atoms with Gasteiger partial charge in [-0.25, -0.2) is 9.79 Å². The third kappa shape index (κ3) is 3.95. The Kier molecular flexibility index (Phi) is 5.76. The Morgan fingerprint density at radius 1 is 1.21 bits per heavy atom. The molecule has 33 heavy (non-hydrogen) atoms. The summed E-state index contributed by atoms with van der Waals surface area (Å²) < 4.78 is 13.4. The van der Waals surface area contributed by atoms with E-state index in [2.05, 4.69) is 9.89 Å². The molecule has 0 radical (unpaired) electrons. The maximum Gasteiger partial charge on any atom is 0.338 e. The molecule has 2 aliphatic heterocycles. The molecule has 0 N–H and O–H groups in total. The van der Waals surface area contributed by atoms with Gasteiger partial charge in [0, 0.05) is 25.2 Å². The van der Waals surface area contributed by atoms with E-state index >= 15 is 0 Å². The van der Waals surface area contributed by atoms with Crippen molar-refractivity contribution in [2.75, 3.05) is 24.6 Å². The second kappa shape index (κ2) is 8.86. The predicted octanol–water partition coefficient (Wildman–Crippen LogP) is 2.99. The first-order chi connectivity index (χ1) is 16.1. The molecule has 1 saturated heterocycles. The van der Waals surface area contributed by atoms with E-state index in [-0.39, 0.29) is 12.2 Å². The van der Waals surface area contributed by atoms with E-state index in [1.807, 2.05) is 42.5 Å². The third-order valence-corrected chi connectivity index (χ3v) is 6.92. The molecule has 0 spiro atoms. The number of nitrogens with zero attached hydrogens (tertiary/aromatic N) is 3. The molecule has 170 valence electrons. The molecule has 1 fully saturated rings. The number of benzene rings is 1. The van der Waals surface area contributed by atoms with E-state index < -0.39 is 12.0 Å². The summed E-state index contributed by atoms with van der Waals surface area (Å²) in [5, 5.41) is 0. The van der Waals surface area contributed by atoms with Crippen LogP contribution >= 0.6 is 11.3 Å². The van der Waals surface area contributed by atoms with Crippen LogP contribution in [0.1, 0.15) is 44.1 Å². The SMILES string of the molecule is CCOC(=O)C1=C(C)N=c2s/c(=C/c3ccc(N4CCCC4)o3)c(=O)n2C1c1ccccc1.